The van der Waals surface area contributed by atoms with Gasteiger partial charge in [-0.05, 0) is 31.2 Å². The number of benzene rings is 1. The molecule has 1 aromatic carbocycles. The number of aromatic nitrogens is 5. The second kappa shape index (κ2) is 8.13. The van der Waals surface area contributed by atoms with E-state index in [2.05, 4.69) is 20.3 Å². The Labute approximate surface area is 175 Å². The van der Waals surface area contributed by atoms with Gasteiger partial charge in [0.2, 0.25) is 0 Å². The van der Waals surface area contributed by atoms with E-state index < -0.39 is 10.2 Å². The van der Waals surface area contributed by atoms with Gasteiger partial charge in [0, 0.05) is 40.3 Å². The predicted molar refractivity (Wildman–Crippen MR) is 112 cm³/mol. The molecule has 0 amide bonds. The maximum Gasteiger partial charge on any atom is 0.281 e. The zero-order valence-electron chi connectivity index (χ0n) is 17.1. The van der Waals surface area contributed by atoms with Crippen molar-refractivity contribution >= 4 is 27.2 Å². The monoisotopic (exact) mass is 432 g/mol. The number of anilines is 1. The summed E-state index contributed by atoms with van der Waals surface area (Å²) in [6.45, 7) is 4.31. The van der Waals surface area contributed by atoms with E-state index in [1.165, 1.54) is 29.0 Å². The smallest absolute Gasteiger partial charge is 0.281 e. The normalized spacial score (nSPS) is 15.8. The van der Waals surface area contributed by atoms with Gasteiger partial charge in [-0.2, -0.15) is 21.7 Å². The maximum atomic E-state index is 12.3. The molecule has 0 bridgehead atoms. The molecule has 30 heavy (non-hydrogen) atoms. The highest BCUT2D eigenvalue weighted by Gasteiger charge is 2.30. The lowest BCUT2D eigenvalue weighted by atomic mass is 10.3. The minimum absolute atomic E-state index is 0.374. The Hall–Kier alpha value is -2.83. The molecule has 0 N–H and O–H groups in total. The maximum absolute atomic E-state index is 12.3. The van der Waals surface area contributed by atoms with Gasteiger partial charge in [-0.25, -0.2) is 9.97 Å². The molecule has 0 atom stereocenters. The Bertz CT molecular complexity index is 1120. The Morgan fingerprint density at radius 3 is 2.40 bits per heavy atom. The van der Waals surface area contributed by atoms with E-state index >= 15 is 0 Å². The van der Waals surface area contributed by atoms with Gasteiger partial charge >= 0.3 is 0 Å². The molecule has 1 fully saturated rings. The third-order valence-electron chi connectivity index (χ3n) is 4.94. The zero-order chi connectivity index (χ0) is 21.3. The fourth-order valence-electron chi connectivity index (χ4n) is 3.35. The molecule has 0 aliphatic carbocycles. The van der Waals surface area contributed by atoms with Crippen LogP contribution in [0.2, 0.25) is 0 Å². The minimum Gasteiger partial charge on any atom is -0.494 e. The highest BCUT2D eigenvalue weighted by atomic mass is 32.2. The highest BCUT2D eigenvalue weighted by Crippen LogP contribution is 2.25. The lowest BCUT2D eigenvalue weighted by Gasteiger charge is -2.35. The molecule has 1 aliphatic heterocycles. The summed E-state index contributed by atoms with van der Waals surface area (Å²) in [6, 6.07) is 7.54. The fourth-order valence-corrected chi connectivity index (χ4v) is 4.44. The van der Waals surface area contributed by atoms with Crippen LogP contribution in [0.5, 0.6) is 5.75 Å². The van der Waals surface area contributed by atoms with Crippen LogP contribution in [0.3, 0.4) is 0 Å². The van der Waals surface area contributed by atoms with Crippen molar-refractivity contribution in [3.05, 3.63) is 30.6 Å². The molecule has 3 aromatic rings. The Morgan fingerprint density at radius 1 is 1.07 bits per heavy atom. The van der Waals surface area contributed by atoms with Gasteiger partial charge in [0.25, 0.3) is 10.2 Å². The first kappa shape index (κ1) is 20.4. The molecule has 12 heteroatoms. The molecule has 0 radical (unpaired) electrons. The molecule has 0 spiro atoms. The fraction of sp³-hybridized carbons (Fsp3) is 0.444. The average Bonchev–Trinajstić information content (AvgIpc) is 3.19. The van der Waals surface area contributed by atoms with E-state index in [1.807, 2.05) is 36.1 Å². The topological polar surface area (TPSA) is 110 Å². The van der Waals surface area contributed by atoms with Crippen molar-refractivity contribution < 1.29 is 13.2 Å². The molecule has 1 saturated heterocycles. The lowest BCUT2D eigenvalue weighted by molar-refractivity contribution is 0.340. The van der Waals surface area contributed by atoms with E-state index in [4.69, 9.17) is 4.74 Å². The molecular formula is C18H24N8O3S. The van der Waals surface area contributed by atoms with Gasteiger partial charge in [0.15, 0.2) is 17.0 Å². The van der Waals surface area contributed by atoms with Crippen molar-refractivity contribution in [3.63, 3.8) is 0 Å². The summed E-state index contributed by atoms with van der Waals surface area (Å²) < 4.78 is 34.5. The molecular weight excluding hydrogens is 408 g/mol. The van der Waals surface area contributed by atoms with Crippen molar-refractivity contribution in [1.82, 2.24) is 33.6 Å². The number of fused-ring (bicyclic) bond motifs is 1. The third kappa shape index (κ3) is 3.68. The first-order valence-corrected chi connectivity index (χ1v) is 11.0. The van der Waals surface area contributed by atoms with Crippen LogP contribution in [0.15, 0.2) is 30.6 Å². The van der Waals surface area contributed by atoms with Crippen LogP contribution in [0.4, 0.5) is 5.82 Å². The average molecular weight is 433 g/mol. The summed E-state index contributed by atoms with van der Waals surface area (Å²) in [7, 11) is -0.350. The van der Waals surface area contributed by atoms with Gasteiger partial charge < -0.3 is 9.64 Å². The molecule has 3 heterocycles. The van der Waals surface area contributed by atoms with Crippen LogP contribution < -0.4 is 9.64 Å². The number of ether oxygens (including phenoxy) is 1. The zero-order valence-corrected chi connectivity index (χ0v) is 17.9. The number of hydrogen-bond donors (Lipinski definition) is 0. The lowest BCUT2D eigenvalue weighted by Crippen LogP contribution is -2.52. The molecule has 1 aliphatic rings. The first-order valence-electron chi connectivity index (χ1n) is 9.64. The predicted octanol–water partition coefficient (Wildman–Crippen LogP) is 0.538. The summed E-state index contributed by atoms with van der Waals surface area (Å²) in [6.07, 6.45) is 1.48. The van der Waals surface area contributed by atoms with Crippen LogP contribution >= 0.6 is 0 Å². The van der Waals surface area contributed by atoms with Crippen molar-refractivity contribution in [2.45, 2.75) is 6.92 Å². The number of rotatable bonds is 6. The Kier molecular flexibility index (Phi) is 5.54. The molecule has 4 rings (SSSR count). The van der Waals surface area contributed by atoms with Crippen molar-refractivity contribution in [3.8, 4) is 11.4 Å². The van der Waals surface area contributed by atoms with E-state index in [0.29, 0.717) is 49.8 Å². The standard InChI is InChI=1S/C18H24N8O3S/c1-4-29-15-7-5-14(6-8-15)26-18-16(21-22-26)17(19-13-20-18)24-9-11-25(12-10-24)30(27,28)23(2)3/h5-8,13H,4,9-12H2,1-3H3. The minimum atomic E-state index is -3.42. The quantitative estimate of drug-likeness (QED) is 0.555. The van der Waals surface area contributed by atoms with Crippen LogP contribution in [0.1, 0.15) is 6.92 Å². The molecule has 160 valence electrons. The second-order valence-electron chi connectivity index (χ2n) is 6.97. The second-order valence-corrected chi connectivity index (χ2v) is 9.12. The van der Waals surface area contributed by atoms with Crippen LogP contribution in [0.25, 0.3) is 16.9 Å². The Morgan fingerprint density at radius 2 is 1.77 bits per heavy atom. The summed E-state index contributed by atoms with van der Waals surface area (Å²) in [5, 5.41) is 8.56. The van der Waals surface area contributed by atoms with Crippen molar-refractivity contribution in [2.24, 2.45) is 0 Å². The molecule has 0 saturated carbocycles. The first-order chi connectivity index (χ1) is 14.4. The molecule has 0 unspecified atom stereocenters. The van der Waals surface area contributed by atoms with Crippen LogP contribution in [-0.2, 0) is 10.2 Å². The highest BCUT2D eigenvalue weighted by molar-refractivity contribution is 7.86. The number of hydrogen-bond acceptors (Lipinski definition) is 8. The van der Waals surface area contributed by atoms with Gasteiger partial charge in [0.05, 0.1) is 12.3 Å². The van der Waals surface area contributed by atoms with E-state index in [0.717, 1.165) is 11.4 Å². The van der Waals surface area contributed by atoms with Gasteiger partial charge in [-0.3, -0.25) is 0 Å². The Balaban J connectivity index is 1.59. The summed E-state index contributed by atoms with van der Waals surface area (Å²) in [4.78, 5) is 10.8. The van der Waals surface area contributed by atoms with Crippen molar-refractivity contribution in [2.75, 3.05) is 51.8 Å². The third-order valence-corrected chi connectivity index (χ3v) is 6.88. The van der Waals surface area contributed by atoms with Crippen LogP contribution in [-0.4, -0.2) is 88.9 Å². The number of piperazine rings is 1. The van der Waals surface area contributed by atoms with Gasteiger partial charge in [-0.15, -0.1) is 5.10 Å². The van der Waals surface area contributed by atoms with E-state index in [9.17, 15) is 8.42 Å². The SMILES string of the molecule is CCOc1ccc(-n2nnc3c(N4CCN(S(=O)(=O)N(C)C)CC4)ncnc32)cc1. The van der Waals surface area contributed by atoms with E-state index in [-0.39, 0.29) is 0 Å². The van der Waals surface area contributed by atoms with Gasteiger partial charge in [0.1, 0.15) is 12.1 Å². The van der Waals surface area contributed by atoms with Crippen LogP contribution in [0, 0.1) is 0 Å². The number of nitrogens with zero attached hydrogens (tertiary/aromatic N) is 8. The van der Waals surface area contributed by atoms with Crippen molar-refractivity contribution in [1.29, 1.82) is 0 Å². The van der Waals surface area contributed by atoms with Gasteiger partial charge in [-0.1, -0.05) is 5.21 Å². The summed E-state index contributed by atoms with van der Waals surface area (Å²) >= 11 is 0. The largest absolute Gasteiger partial charge is 0.494 e. The molecule has 11 nitrogen and oxygen atoms in total. The van der Waals surface area contributed by atoms with E-state index in [1.54, 1.807) is 4.68 Å². The summed E-state index contributed by atoms with van der Waals surface area (Å²) in [5.41, 5.74) is 1.98. The summed E-state index contributed by atoms with van der Waals surface area (Å²) in [5.74, 6) is 1.44. The molecule has 2 aromatic heterocycles.